The zero-order chi connectivity index (χ0) is 22.8. The lowest BCUT2D eigenvalue weighted by atomic mass is 10.0. The lowest BCUT2D eigenvalue weighted by Gasteiger charge is -2.29. The Morgan fingerprint density at radius 3 is 2.79 bits per heavy atom. The summed E-state index contributed by atoms with van der Waals surface area (Å²) >= 11 is 5.98. The third-order valence-corrected chi connectivity index (χ3v) is 6.10. The number of nitrogens with zero attached hydrogens (tertiary/aromatic N) is 4. The molecule has 2 saturated heterocycles. The number of benzene rings is 2. The Kier molecular flexibility index (Phi) is 5.78. The Hall–Kier alpha value is -3.36. The first-order valence-electron chi connectivity index (χ1n) is 10.7. The number of hydrogen-bond donors (Lipinski definition) is 0. The van der Waals surface area contributed by atoms with Crippen LogP contribution in [-0.4, -0.2) is 64.9 Å². The number of amides is 2. The molecule has 5 rings (SSSR count). The first-order chi connectivity index (χ1) is 16.0. The molecule has 0 aliphatic carbocycles. The standard InChI is InChI=1S/C24H23ClN4O4/c25-20-4-6-21(7-5-20)29-15-24(33-23(29)31)14-28(10-11-32-16-24)22(30)19-3-1-2-18(12-19)13-27-9-8-26-17-27/h1-9,12,17H,10-11,13-16H2/t24-/m1/s1. The summed E-state index contributed by atoms with van der Waals surface area (Å²) in [4.78, 5) is 33.4. The van der Waals surface area contributed by atoms with Crippen LogP contribution in [0, 0.1) is 0 Å². The Morgan fingerprint density at radius 1 is 1.15 bits per heavy atom. The van der Waals surface area contributed by atoms with E-state index in [4.69, 9.17) is 21.1 Å². The quantitative estimate of drug-likeness (QED) is 0.588. The van der Waals surface area contributed by atoms with Gasteiger partial charge in [0.15, 0.2) is 5.60 Å². The summed E-state index contributed by atoms with van der Waals surface area (Å²) in [5, 5.41) is 0.589. The highest BCUT2D eigenvalue weighted by atomic mass is 35.5. The van der Waals surface area contributed by atoms with Crippen LogP contribution in [0.1, 0.15) is 15.9 Å². The van der Waals surface area contributed by atoms with E-state index in [1.165, 1.54) is 0 Å². The second kappa shape index (κ2) is 8.88. The average Bonchev–Trinajstić information content (AvgIpc) is 3.38. The molecule has 3 aromatic rings. The molecule has 0 radical (unpaired) electrons. The summed E-state index contributed by atoms with van der Waals surface area (Å²) in [5.41, 5.74) is 1.34. The second-order valence-electron chi connectivity index (χ2n) is 8.33. The minimum absolute atomic E-state index is 0.117. The van der Waals surface area contributed by atoms with E-state index in [9.17, 15) is 9.59 Å². The number of aromatic nitrogens is 2. The topological polar surface area (TPSA) is 76.9 Å². The van der Waals surface area contributed by atoms with Crippen molar-refractivity contribution in [2.24, 2.45) is 0 Å². The molecule has 3 heterocycles. The molecule has 2 aliphatic rings. The van der Waals surface area contributed by atoms with Gasteiger partial charge in [-0.2, -0.15) is 0 Å². The lowest BCUT2D eigenvalue weighted by molar-refractivity contribution is -0.0140. The van der Waals surface area contributed by atoms with E-state index in [0.29, 0.717) is 36.0 Å². The van der Waals surface area contributed by atoms with Gasteiger partial charge in [-0.1, -0.05) is 23.7 Å². The molecule has 0 unspecified atom stereocenters. The molecular weight excluding hydrogens is 444 g/mol. The zero-order valence-corrected chi connectivity index (χ0v) is 18.6. The SMILES string of the molecule is O=C(c1cccc(Cn2ccnc2)c1)N1CCOC[C@@]2(C1)CN(c1ccc(Cl)cc1)C(=O)O2. The maximum Gasteiger partial charge on any atom is 0.415 e. The van der Waals surface area contributed by atoms with Gasteiger partial charge in [-0.3, -0.25) is 9.69 Å². The molecule has 8 nitrogen and oxygen atoms in total. The molecule has 0 bridgehead atoms. The number of hydrogen-bond acceptors (Lipinski definition) is 5. The number of carbonyl (C=O) groups is 2. The van der Waals surface area contributed by atoms with Gasteiger partial charge in [0.05, 0.1) is 32.6 Å². The Labute approximate surface area is 196 Å². The van der Waals surface area contributed by atoms with Gasteiger partial charge in [0, 0.05) is 41.8 Å². The highest BCUT2D eigenvalue weighted by Gasteiger charge is 2.49. The number of halogens is 1. The fraction of sp³-hybridized carbons (Fsp3) is 0.292. The maximum absolute atomic E-state index is 13.4. The third-order valence-electron chi connectivity index (χ3n) is 5.84. The van der Waals surface area contributed by atoms with Gasteiger partial charge in [-0.25, -0.2) is 9.78 Å². The highest BCUT2D eigenvalue weighted by molar-refractivity contribution is 6.30. The number of ether oxygens (including phenoxy) is 2. The van der Waals surface area contributed by atoms with Crippen LogP contribution < -0.4 is 4.90 Å². The van der Waals surface area contributed by atoms with Crippen molar-refractivity contribution in [3.63, 3.8) is 0 Å². The predicted octanol–water partition coefficient (Wildman–Crippen LogP) is 3.45. The third kappa shape index (κ3) is 4.58. The molecule has 33 heavy (non-hydrogen) atoms. The number of carbonyl (C=O) groups excluding carboxylic acids is 2. The smallest absolute Gasteiger partial charge is 0.415 e. The van der Waals surface area contributed by atoms with E-state index in [2.05, 4.69) is 4.98 Å². The van der Waals surface area contributed by atoms with Gasteiger partial charge in [0.25, 0.3) is 5.91 Å². The maximum atomic E-state index is 13.4. The van der Waals surface area contributed by atoms with Crippen LogP contribution in [0.4, 0.5) is 10.5 Å². The minimum Gasteiger partial charge on any atom is -0.436 e. The zero-order valence-electron chi connectivity index (χ0n) is 17.9. The fourth-order valence-corrected chi connectivity index (χ4v) is 4.38. The van der Waals surface area contributed by atoms with Gasteiger partial charge in [-0.15, -0.1) is 0 Å². The van der Waals surface area contributed by atoms with Crippen LogP contribution in [0.5, 0.6) is 0 Å². The lowest BCUT2D eigenvalue weighted by Crippen LogP contribution is -2.49. The first-order valence-corrected chi connectivity index (χ1v) is 11.1. The summed E-state index contributed by atoms with van der Waals surface area (Å²) in [6.45, 7) is 2.20. The molecule has 2 amide bonds. The highest BCUT2D eigenvalue weighted by Crippen LogP contribution is 2.31. The van der Waals surface area contributed by atoms with E-state index < -0.39 is 11.7 Å². The molecule has 0 N–H and O–H groups in total. The Morgan fingerprint density at radius 2 is 2.00 bits per heavy atom. The average molecular weight is 467 g/mol. The summed E-state index contributed by atoms with van der Waals surface area (Å²) in [5.74, 6) is -0.117. The van der Waals surface area contributed by atoms with Crippen molar-refractivity contribution in [2.45, 2.75) is 12.1 Å². The van der Waals surface area contributed by atoms with E-state index in [1.54, 1.807) is 52.7 Å². The van der Waals surface area contributed by atoms with Crippen LogP contribution in [0.25, 0.3) is 0 Å². The Bertz CT molecular complexity index is 1150. The van der Waals surface area contributed by atoms with Crippen molar-refractivity contribution < 1.29 is 19.1 Å². The summed E-state index contributed by atoms with van der Waals surface area (Å²) in [6, 6.07) is 14.6. The van der Waals surface area contributed by atoms with Gasteiger partial charge in [-0.05, 0) is 42.0 Å². The number of rotatable bonds is 4. The van der Waals surface area contributed by atoms with Crippen molar-refractivity contribution in [3.05, 3.63) is 83.4 Å². The monoisotopic (exact) mass is 466 g/mol. The van der Waals surface area contributed by atoms with Crippen molar-refractivity contribution >= 4 is 29.3 Å². The molecule has 9 heteroatoms. The van der Waals surface area contributed by atoms with Crippen molar-refractivity contribution in [1.82, 2.24) is 14.5 Å². The molecule has 1 atom stereocenters. The van der Waals surface area contributed by atoms with Crippen molar-refractivity contribution in [3.8, 4) is 0 Å². The predicted molar refractivity (Wildman–Crippen MR) is 123 cm³/mol. The summed E-state index contributed by atoms with van der Waals surface area (Å²) in [7, 11) is 0. The molecule has 2 aliphatic heterocycles. The molecule has 1 aromatic heterocycles. The summed E-state index contributed by atoms with van der Waals surface area (Å²) < 4.78 is 13.5. The molecule has 2 aromatic carbocycles. The molecule has 0 saturated carbocycles. The van der Waals surface area contributed by atoms with E-state index in [0.717, 1.165) is 5.56 Å². The molecule has 1 spiro atoms. The first kappa shape index (κ1) is 21.5. The Balaban J connectivity index is 1.34. The van der Waals surface area contributed by atoms with Crippen molar-refractivity contribution in [1.29, 1.82) is 0 Å². The van der Waals surface area contributed by atoms with Crippen molar-refractivity contribution in [2.75, 3.05) is 37.7 Å². The van der Waals surface area contributed by atoms with Crippen LogP contribution >= 0.6 is 11.6 Å². The molecule has 170 valence electrons. The fourth-order valence-electron chi connectivity index (χ4n) is 4.26. The second-order valence-corrected chi connectivity index (χ2v) is 8.76. The normalized spacial score (nSPS) is 20.7. The van der Waals surface area contributed by atoms with E-state index >= 15 is 0 Å². The van der Waals surface area contributed by atoms with Crippen LogP contribution in [0.3, 0.4) is 0 Å². The van der Waals surface area contributed by atoms with Gasteiger partial charge < -0.3 is 18.9 Å². The largest absolute Gasteiger partial charge is 0.436 e. The molecule has 2 fully saturated rings. The van der Waals surface area contributed by atoms with Gasteiger partial charge in [0.2, 0.25) is 0 Å². The van der Waals surface area contributed by atoms with Crippen LogP contribution in [0.15, 0.2) is 67.3 Å². The molecular formula is C24H23ClN4O4. The van der Waals surface area contributed by atoms with Gasteiger partial charge >= 0.3 is 6.09 Å². The number of imidazole rings is 1. The van der Waals surface area contributed by atoms with E-state index in [-0.39, 0.29) is 25.6 Å². The minimum atomic E-state index is -0.933. The van der Waals surface area contributed by atoms with Crippen LogP contribution in [0.2, 0.25) is 5.02 Å². The summed E-state index contributed by atoms with van der Waals surface area (Å²) in [6.07, 6.45) is 4.89. The van der Waals surface area contributed by atoms with E-state index in [1.807, 2.05) is 29.0 Å². The number of anilines is 1. The van der Waals surface area contributed by atoms with Gasteiger partial charge in [0.1, 0.15) is 0 Å². The van der Waals surface area contributed by atoms with Crippen LogP contribution in [-0.2, 0) is 16.0 Å².